The predicted molar refractivity (Wildman–Crippen MR) is 68.3 cm³/mol. The Hall–Kier alpha value is -0.0500. The van der Waals surface area contributed by atoms with Crippen molar-refractivity contribution in [3.8, 4) is 0 Å². The molecule has 0 amide bonds. The monoisotopic (exact) mass is 287 g/mol. The van der Waals surface area contributed by atoms with E-state index in [0.717, 1.165) is 15.9 Å². The quantitative estimate of drug-likeness (QED) is 0.882. The van der Waals surface area contributed by atoms with Crippen molar-refractivity contribution in [1.29, 1.82) is 0 Å². The molecule has 0 spiro atoms. The van der Waals surface area contributed by atoms with E-state index >= 15 is 0 Å². The van der Waals surface area contributed by atoms with Gasteiger partial charge in [0.2, 0.25) is 0 Å². The molecule has 1 aliphatic carbocycles. The summed E-state index contributed by atoms with van der Waals surface area (Å²) in [7, 11) is 0. The van der Waals surface area contributed by atoms with Gasteiger partial charge in [0.05, 0.1) is 5.02 Å². The highest BCUT2D eigenvalue weighted by molar-refractivity contribution is 9.10. The fourth-order valence-electron chi connectivity index (χ4n) is 2.46. The smallest absolute Gasteiger partial charge is 0.0548 e. The van der Waals surface area contributed by atoms with E-state index in [1.807, 2.05) is 6.07 Å². The summed E-state index contributed by atoms with van der Waals surface area (Å²) in [6.07, 6.45) is 1.16. The molecule has 1 saturated carbocycles. The largest absolute Gasteiger partial charge is 0.330 e. The molecular formula is C12H15BrClN. The van der Waals surface area contributed by atoms with Gasteiger partial charge in [-0.2, -0.15) is 0 Å². The van der Waals surface area contributed by atoms with Crippen molar-refractivity contribution in [2.75, 3.05) is 6.54 Å². The first-order chi connectivity index (χ1) is 6.93. The van der Waals surface area contributed by atoms with Crippen LogP contribution in [0.2, 0.25) is 5.02 Å². The van der Waals surface area contributed by atoms with E-state index in [1.165, 1.54) is 5.56 Å². The minimum Gasteiger partial charge on any atom is -0.330 e. The Balaban J connectivity index is 2.42. The van der Waals surface area contributed by atoms with Gasteiger partial charge in [0.1, 0.15) is 0 Å². The molecule has 1 aromatic carbocycles. The predicted octanol–water partition coefficient (Wildman–Crippen LogP) is 3.73. The second-order valence-electron chi connectivity index (χ2n) is 4.98. The van der Waals surface area contributed by atoms with Crippen LogP contribution in [0.25, 0.3) is 0 Å². The fraction of sp³-hybridized carbons (Fsp3) is 0.500. The average Bonchev–Trinajstić information content (AvgIpc) is 2.75. The SMILES string of the molecule is CC1(C)CC1(CN)c1ccc(Cl)c(Br)c1. The van der Waals surface area contributed by atoms with Gasteiger partial charge in [-0.3, -0.25) is 0 Å². The molecule has 3 heteroatoms. The van der Waals surface area contributed by atoms with Gasteiger partial charge >= 0.3 is 0 Å². The Bertz CT molecular complexity index is 403. The van der Waals surface area contributed by atoms with E-state index in [1.54, 1.807) is 0 Å². The van der Waals surface area contributed by atoms with Gasteiger partial charge in [0.15, 0.2) is 0 Å². The zero-order valence-electron chi connectivity index (χ0n) is 8.98. The van der Waals surface area contributed by atoms with Crippen molar-refractivity contribution < 1.29 is 0 Å². The Morgan fingerprint density at radius 3 is 2.47 bits per heavy atom. The maximum Gasteiger partial charge on any atom is 0.0548 e. The van der Waals surface area contributed by atoms with Crippen LogP contribution in [0.4, 0.5) is 0 Å². The van der Waals surface area contributed by atoms with Gasteiger partial charge < -0.3 is 5.73 Å². The maximum atomic E-state index is 5.99. The van der Waals surface area contributed by atoms with Crippen LogP contribution in [0.5, 0.6) is 0 Å². The van der Waals surface area contributed by atoms with Crippen LogP contribution >= 0.6 is 27.5 Å². The zero-order chi connectivity index (χ0) is 11.3. The van der Waals surface area contributed by atoms with Crippen LogP contribution in [-0.2, 0) is 5.41 Å². The number of halogens is 2. The molecule has 82 valence electrons. The molecule has 0 saturated heterocycles. The summed E-state index contributed by atoms with van der Waals surface area (Å²) in [4.78, 5) is 0. The molecule has 2 rings (SSSR count). The summed E-state index contributed by atoms with van der Waals surface area (Å²) in [6, 6.07) is 6.13. The molecule has 15 heavy (non-hydrogen) atoms. The third-order valence-corrected chi connectivity index (χ3v) is 4.95. The normalized spacial score (nSPS) is 27.8. The molecule has 1 atom stereocenters. The number of rotatable bonds is 2. The minimum absolute atomic E-state index is 0.153. The van der Waals surface area contributed by atoms with Crippen LogP contribution in [0, 0.1) is 5.41 Å². The highest BCUT2D eigenvalue weighted by Crippen LogP contribution is 2.63. The fourth-order valence-corrected chi connectivity index (χ4v) is 2.96. The lowest BCUT2D eigenvalue weighted by Gasteiger charge is -2.19. The first-order valence-electron chi connectivity index (χ1n) is 5.08. The van der Waals surface area contributed by atoms with Gasteiger partial charge in [-0.15, -0.1) is 0 Å². The molecule has 0 bridgehead atoms. The van der Waals surface area contributed by atoms with E-state index < -0.39 is 0 Å². The Kier molecular flexibility index (Phi) is 2.65. The number of nitrogens with two attached hydrogens (primary N) is 1. The topological polar surface area (TPSA) is 26.0 Å². The van der Waals surface area contributed by atoms with Gasteiger partial charge in [-0.25, -0.2) is 0 Å². The van der Waals surface area contributed by atoms with Crippen LogP contribution in [0.3, 0.4) is 0 Å². The molecular weight excluding hydrogens is 273 g/mol. The van der Waals surface area contributed by atoms with Crippen molar-refractivity contribution in [2.45, 2.75) is 25.7 Å². The molecule has 1 nitrogen and oxygen atoms in total. The molecule has 1 unspecified atom stereocenters. The molecule has 0 aliphatic heterocycles. The molecule has 1 aliphatic rings. The number of hydrogen-bond acceptors (Lipinski definition) is 1. The molecule has 0 aromatic heterocycles. The second-order valence-corrected chi connectivity index (χ2v) is 6.24. The van der Waals surface area contributed by atoms with Gasteiger partial charge in [0.25, 0.3) is 0 Å². The van der Waals surface area contributed by atoms with Crippen molar-refractivity contribution in [1.82, 2.24) is 0 Å². The van der Waals surface area contributed by atoms with Crippen molar-refractivity contribution in [2.24, 2.45) is 11.1 Å². The summed E-state index contributed by atoms with van der Waals surface area (Å²) in [5.41, 5.74) is 7.68. The second kappa shape index (κ2) is 3.47. The summed E-state index contributed by atoms with van der Waals surface area (Å²) < 4.78 is 0.956. The minimum atomic E-state index is 0.153. The van der Waals surface area contributed by atoms with Gasteiger partial charge in [-0.1, -0.05) is 31.5 Å². The molecule has 2 N–H and O–H groups in total. The lowest BCUT2D eigenvalue weighted by atomic mass is 9.88. The highest BCUT2D eigenvalue weighted by atomic mass is 79.9. The first-order valence-corrected chi connectivity index (χ1v) is 6.26. The molecule has 1 aromatic rings. The lowest BCUT2D eigenvalue weighted by Crippen LogP contribution is -2.25. The van der Waals surface area contributed by atoms with Gasteiger partial charge in [0, 0.05) is 16.4 Å². The number of hydrogen-bond donors (Lipinski definition) is 1. The van der Waals surface area contributed by atoms with E-state index in [2.05, 4.69) is 41.9 Å². The standard InChI is InChI=1S/C12H15BrClN/c1-11(2)6-12(11,7-15)8-3-4-10(14)9(13)5-8/h3-5H,6-7,15H2,1-2H3. The van der Waals surface area contributed by atoms with Crippen molar-refractivity contribution in [3.63, 3.8) is 0 Å². The maximum absolute atomic E-state index is 5.99. The molecule has 0 heterocycles. The third kappa shape index (κ3) is 1.63. The van der Waals surface area contributed by atoms with Crippen LogP contribution in [-0.4, -0.2) is 6.54 Å². The zero-order valence-corrected chi connectivity index (χ0v) is 11.3. The summed E-state index contributed by atoms with van der Waals surface area (Å²) in [6.45, 7) is 5.23. The summed E-state index contributed by atoms with van der Waals surface area (Å²) >= 11 is 9.45. The summed E-state index contributed by atoms with van der Waals surface area (Å²) in [5, 5.41) is 0.754. The van der Waals surface area contributed by atoms with Crippen molar-refractivity contribution in [3.05, 3.63) is 33.3 Å². The third-order valence-electron chi connectivity index (χ3n) is 3.73. The lowest BCUT2D eigenvalue weighted by molar-refractivity contribution is 0.503. The average molecular weight is 289 g/mol. The Labute approximate surface area is 104 Å². The van der Waals surface area contributed by atoms with E-state index in [-0.39, 0.29) is 5.41 Å². The highest BCUT2D eigenvalue weighted by Gasteiger charge is 2.60. The number of benzene rings is 1. The Morgan fingerprint density at radius 2 is 2.07 bits per heavy atom. The molecule has 1 fully saturated rings. The molecule has 0 radical (unpaired) electrons. The summed E-state index contributed by atoms with van der Waals surface area (Å²) in [5.74, 6) is 0. The Morgan fingerprint density at radius 1 is 1.47 bits per heavy atom. The first kappa shape index (κ1) is 11.4. The van der Waals surface area contributed by atoms with Gasteiger partial charge in [-0.05, 0) is 45.5 Å². The van der Waals surface area contributed by atoms with E-state index in [0.29, 0.717) is 12.0 Å². The van der Waals surface area contributed by atoms with Crippen molar-refractivity contribution >= 4 is 27.5 Å². The van der Waals surface area contributed by atoms with E-state index in [9.17, 15) is 0 Å². The van der Waals surface area contributed by atoms with E-state index in [4.69, 9.17) is 17.3 Å². The van der Waals surface area contributed by atoms with Crippen LogP contribution in [0.1, 0.15) is 25.8 Å². The van der Waals surface area contributed by atoms with Crippen LogP contribution in [0.15, 0.2) is 22.7 Å². The van der Waals surface area contributed by atoms with Crippen LogP contribution < -0.4 is 5.73 Å².